The summed E-state index contributed by atoms with van der Waals surface area (Å²) in [6.45, 7) is 4.26. The number of piperazine rings is 1. The minimum atomic E-state index is -0.506. The Balaban J connectivity index is 1.23. The summed E-state index contributed by atoms with van der Waals surface area (Å²) in [6.07, 6.45) is 1.80. The molecule has 1 fully saturated rings. The number of imidazole rings is 1. The molecule has 1 atom stereocenters. The number of nitrogens with one attached hydrogen (secondary N) is 1. The second-order valence-electron chi connectivity index (χ2n) is 8.21. The van der Waals surface area contributed by atoms with Gasteiger partial charge in [0, 0.05) is 43.0 Å². The average molecular weight is 464 g/mol. The largest absolute Gasteiger partial charge is 0.353 e. The summed E-state index contributed by atoms with van der Waals surface area (Å²) in [6, 6.07) is 16.0. The molecule has 0 bridgehead atoms. The maximum Gasteiger partial charge on any atom is 0.230 e. The fraction of sp³-hybridized carbons (Fsp3) is 0.240. The number of carbonyl (C=O) groups is 1. The van der Waals surface area contributed by atoms with Crippen molar-refractivity contribution in [3.8, 4) is 11.4 Å². The number of benzene rings is 2. The summed E-state index contributed by atoms with van der Waals surface area (Å²) in [5.41, 5.74) is 3.06. The van der Waals surface area contributed by atoms with Crippen molar-refractivity contribution in [1.82, 2.24) is 19.9 Å². The number of anilines is 1. The lowest BCUT2D eigenvalue weighted by Crippen LogP contribution is -2.50. The maximum atomic E-state index is 14.1. The number of aromatic amines is 1. The Hall–Kier alpha value is -3.45. The van der Waals surface area contributed by atoms with Crippen LogP contribution in [-0.2, 0) is 4.79 Å². The zero-order valence-electron chi connectivity index (χ0n) is 18.1. The normalized spacial score (nSPS) is 15.1. The second-order valence-corrected chi connectivity index (χ2v) is 8.64. The van der Waals surface area contributed by atoms with Gasteiger partial charge in [0.15, 0.2) is 0 Å². The summed E-state index contributed by atoms with van der Waals surface area (Å²) in [4.78, 5) is 29.4. The summed E-state index contributed by atoms with van der Waals surface area (Å²) < 4.78 is 14.1. The lowest BCUT2D eigenvalue weighted by atomic mass is 9.99. The van der Waals surface area contributed by atoms with Gasteiger partial charge in [0.25, 0.3) is 0 Å². The number of hydrogen-bond donors (Lipinski definition) is 1. The van der Waals surface area contributed by atoms with Crippen LogP contribution in [0.25, 0.3) is 22.4 Å². The number of halogens is 2. The predicted octanol–water partition coefficient (Wildman–Crippen LogP) is 4.87. The Morgan fingerprint density at radius 1 is 1.09 bits per heavy atom. The first kappa shape index (κ1) is 21.4. The van der Waals surface area contributed by atoms with Gasteiger partial charge in [0.05, 0.1) is 17.0 Å². The Kier molecular flexibility index (Phi) is 5.72. The summed E-state index contributed by atoms with van der Waals surface area (Å²) in [5, 5.41) is 0.659. The molecule has 33 heavy (non-hydrogen) atoms. The molecule has 5 rings (SSSR count). The highest BCUT2D eigenvalue weighted by atomic mass is 35.5. The fourth-order valence-electron chi connectivity index (χ4n) is 4.22. The van der Waals surface area contributed by atoms with E-state index in [0.29, 0.717) is 36.8 Å². The molecule has 1 unspecified atom stereocenters. The smallest absolute Gasteiger partial charge is 0.230 e. The molecule has 1 aliphatic heterocycles. The zero-order chi connectivity index (χ0) is 22.9. The molecule has 3 heterocycles. The number of amides is 1. The first-order valence-corrected chi connectivity index (χ1v) is 11.3. The molecular formula is C25H23ClFN5O. The van der Waals surface area contributed by atoms with Crippen LogP contribution in [0.2, 0.25) is 5.02 Å². The van der Waals surface area contributed by atoms with E-state index in [-0.39, 0.29) is 11.7 Å². The van der Waals surface area contributed by atoms with Gasteiger partial charge in [0.2, 0.25) is 5.91 Å². The van der Waals surface area contributed by atoms with Gasteiger partial charge in [-0.1, -0.05) is 29.8 Å². The van der Waals surface area contributed by atoms with Crippen molar-refractivity contribution in [2.24, 2.45) is 0 Å². The van der Waals surface area contributed by atoms with Crippen molar-refractivity contribution in [1.29, 1.82) is 0 Å². The standard InChI is InChI=1S/C25H23ClFN5O/c1-16(19-4-2-3-5-20(19)27)25(33)32-12-10-31(11-13-32)23-9-6-17(15-28-23)24-29-21-8-7-18(26)14-22(21)30-24/h2-9,14-16H,10-13H2,1H3,(H,29,30). The van der Waals surface area contributed by atoms with E-state index in [1.165, 1.54) is 6.07 Å². The van der Waals surface area contributed by atoms with Crippen molar-refractivity contribution < 1.29 is 9.18 Å². The minimum Gasteiger partial charge on any atom is -0.353 e. The summed E-state index contributed by atoms with van der Waals surface area (Å²) in [7, 11) is 0. The van der Waals surface area contributed by atoms with Crippen LogP contribution in [0.1, 0.15) is 18.4 Å². The minimum absolute atomic E-state index is 0.0481. The van der Waals surface area contributed by atoms with Gasteiger partial charge < -0.3 is 14.8 Å². The molecule has 1 N–H and O–H groups in total. The van der Waals surface area contributed by atoms with Crippen molar-refractivity contribution in [3.63, 3.8) is 0 Å². The molecule has 1 amide bonds. The van der Waals surface area contributed by atoms with Gasteiger partial charge in [0.1, 0.15) is 17.5 Å². The molecule has 2 aromatic heterocycles. The predicted molar refractivity (Wildman–Crippen MR) is 128 cm³/mol. The fourth-order valence-corrected chi connectivity index (χ4v) is 4.39. The summed E-state index contributed by atoms with van der Waals surface area (Å²) >= 11 is 6.06. The Morgan fingerprint density at radius 2 is 1.88 bits per heavy atom. The number of nitrogens with zero attached hydrogens (tertiary/aromatic N) is 4. The number of rotatable bonds is 4. The Morgan fingerprint density at radius 3 is 2.61 bits per heavy atom. The summed E-state index contributed by atoms with van der Waals surface area (Å²) in [5.74, 6) is 0.701. The van der Waals surface area contributed by atoms with E-state index in [9.17, 15) is 9.18 Å². The van der Waals surface area contributed by atoms with Crippen molar-refractivity contribution >= 4 is 34.4 Å². The van der Waals surface area contributed by atoms with Crippen molar-refractivity contribution in [3.05, 3.63) is 77.2 Å². The lowest BCUT2D eigenvalue weighted by molar-refractivity contribution is -0.132. The van der Waals surface area contributed by atoms with Gasteiger partial charge in [-0.05, 0) is 48.9 Å². The number of hydrogen-bond acceptors (Lipinski definition) is 4. The van der Waals surface area contributed by atoms with Crippen LogP contribution in [0.15, 0.2) is 60.8 Å². The molecule has 1 aliphatic rings. The number of pyridine rings is 1. The average Bonchev–Trinajstić information content (AvgIpc) is 3.27. The zero-order valence-corrected chi connectivity index (χ0v) is 18.9. The first-order chi connectivity index (χ1) is 16.0. The van der Waals surface area contributed by atoms with Gasteiger partial charge >= 0.3 is 0 Å². The molecule has 0 radical (unpaired) electrons. The third-order valence-corrected chi connectivity index (χ3v) is 6.36. The molecule has 4 aromatic rings. The van der Waals surface area contributed by atoms with Crippen molar-refractivity contribution in [2.75, 3.05) is 31.1 Å². The van der Waals surface area contributed by atoms with Crippen LogP contribution in [0.3, 0.4) is 0 Å². The van der Waals surface area contributed by atoms with Crippen LogP contribution in [-0.4, -0.2) is 51.9 Å². The van der Waals surface area contributed by atoms with Gasteiger partial charge in [-0.25, -0.2) is 14.4 Å². The molecule has 1 saturated heterocycles. The second kappa shape index (κ2) is 8.83. The van der Waals surface area contributed by atoms with E-state index in [2.05, 4.69) is 19.9 Å². The number of H-pyrrole nitrogens is 1. The number of aromatic nitrogens is 3. The molecule has 0 saturated carbocycles. The molecule has 0 spiro atoms. The third kappa shape index (κ3) is 4.28. The van der Waals surface area contributed by atoms with E-state index >= 15 is 0 Å². The van der Waals surface area contributed by atoms with Crippen LogP contribution in [0.5, 0.6) is 0 Å². The highest BCUT2D eigenvalue weighted by molar-refractivity contribution is 6.31. The maximum absolute atomic E-state index is 14.1. The van der Waals surface area contributed by atoms with E-state index in [1.807, 2.05) is 35.2 Å². The molecule has 2 aromatic carbocycles. The molecule has 8 heteroatoms. The molecule has 0 aliphatic carbocycles. The van der Waals surface area contributed by atoms with Crippen LogP contribution in [0, 0.1) is 5.82 Å². The highest BCUT2D eigenvalue weighted by Gasteiger charge is 2.27. The Labute approximate surface area is 196 Å². The quantitative estimate of drug-likeness (QED) is 0.469. The van der Waals surface area contributed by atoms with Crippen LogP contribution in [0.4, 0.5) is 10.2 Å². The van der Waals surface area contributed by atoms with E-state index in [4.69, 9.17) is 11.6 Å². The van der Waals surface area contributed by atoms with Gasteiger partial charge in [-0.3, -0.25) is 4.79 Å². The molecular weight excluding hydrogens is 441 g/mol. The molecule has 168 valence electrons. The SMILES string of the molecule is CC(C(=O)N1CCN(c2ccc(-c3nc4ccc(Cl)cc4[nH]3)cn2)CC1)c1ccccc1F. The van der Waals surface area contributed by atoms with Crippen LogP contribution < -0.4 is 4.90 Å². The first-order valence-electron chi connectivity index (χ1n) is 10.9. The van der Waals surface area contributed by atoms with E-state index in [1.54, 1.807) is 31.3 Å². The van der Waals surface area contributed by atoms with Gasteiger partial charge in [-0.2, -0.15) is 0 Å². The number of fused-ring (bicyclic) bond motifs is 1. The van der Waals surface area contributed by atoms with Crippen LogP contribution >= 0.6 is 11.6 Å². The van der Waals surface area contributed by atoms with Crippen molar-refractivity contribution in [2.45, 2.75) is 12.8 Å². The topological polar surface area (TPSA) is 65.1 Å². The monoisotopic (exact) mass is 463 g/mol. The highest BCUT2D eigenvalue weighted by Crippen LogP contribution is 2.25. The number of carbonyl (C=O) groups excluding carboxylic acids is 1. The van der Waals surface area contributed by atoms with E-state index < -0.39 is 5.92 Å². The van der Waals surface area contributed by atoms with E-state index in [0.717, 1.165) is 28.2 Å². The third-order valence-electron chi connectivity index (χ3n) is 6.12. The van der Waals surface area contributed by atoms with Gasteiger partial charge in [-0.15, -0.1) is 0 Å². The lowest BCUT2D eigenvalue weighted by Gasteiger charge is -2.36. The molecule has 6 nitrogen and oxygen atoms in total. The Bertz CT molecular complexity index is 1300.